The van der Waals surface area contributed by atoms with Gasteiger partial charge in [0.1, 0.15) is 11.9 Å². The number of hydrogen-bond acceptors (Lipinski definition) is 2. The Kier molecular flexibility index (Phi) is 3.66. The lowest BCUT2D eigenvalue weighted by molar-refractivity contribution is 1.27. The molecule has 1 heterocycles. The zero-order valence-electron chi connectivity index (χ0n) is 10.8. The number of fused-ring (bicyclic) bond motifs is 1. The smallest absolute Gasteiger partial charge is 0.149 e. The molecule has 3 nitrogen and oxygen atoms in total. The minimum atomic E-state index is 0.398. The third-order valence-electron chi connectivity index (χ3n) is 3.05. The van der Waals surface area contributed by atoms with Crippen molar-refractivity contribution in [2.45, 2.75) is 0 Å². The van der Waals surface area contributed by atoms with E-state index < -0.39 is 0 Å². The van der Waals surface area contributed by atoms with Gasteiger partial charge in [0.05, 0.1) is 26.7 Å². The molecule has 102 valence electrons. The van der Waals surface area contributed by atoms with E-state index in [2.05, 4.69) is 16.0 Å². The molecule has 0 saturated carbocycles. The highest BCUT2D eigenvalue weighted by Gasteiger charge is 2.09. The first-order valence-electron chi connectivity index (χ1n) is 6.20. The fraction of sp³-hybridized carbons (Fsp3) is 0. The van der Waals surface area contributed by atoms with Crippen molar-refractivity contribution < 1.29 is 0 Å². The molecule has 0 aliphatic heterocycles. The number of rotatable bonds is 2. The summed E-state index contributed by atoms with van der Waals surface area (Å²) in [5.41, 5.74) is 2.77. The maximum atomic E-state index is 9.37. The van der Waals surface area contributed by atoms with Crippen molar-refractivity contribution in [3.8, 4) is 6.07 Å². The molecular formula is C16H9Cl2N3. The van der Waals surface area contributed by atoms with E-state index in [0.717, 1.165) is 11.0 Å². The number of nitrogens with one attached hydrogen (secondary N) is 1. The van der Waals surface area contributed by atoms with Crippen LogP contribution >= 0.6 is 23.2 Å². The number of aromatic amines is 1. The summed E-state index contributed by atoms with van der Waals surface area (Å²) < 4.78 is 0. The van der Waals surface area contributed by atoms with Crippen molar-refractivity contribution in [2.24, 2.45) is 0 Å². The lowest BCUT2D eigenvalue weighted by Gasteiger charge is -2.01. The van der Waals surface area contributed by atoms with Crippen LogP contribution in [0.1, 0.15) is 11.4 Å². The fourth-order valence-corrected chi connectivity index (χ4v) is 2.38. The minimum Gasteiger partial charge on any atom is -0.337 e. The van der Waals surface area contributed by atoms with E-state index in [1.165, 1.54) is 0 Å². The van der Waals surface area contributed by atoms with Gasteiger partial charge < -0.3 is 4.98 Å². The molecule has 0 aliphatic rings. The Morgan fingerprint density at radius 1 is 1.14 bits per heavy atom. The number of aromatic nitrogens is 2. The van der Waals surface area contributed by atoms with Gasteiger partial charge in [-0.3, -0.25) is 0 Å². The number of allylic oxidation sites excluding steroid dienone is 1. The zero-order chi connectivity index (χ0) is 14.8. The summed E-state index contributed by atoms with van der Waals surface area (Å²) in [4.78, 5) is 7.53. The number of imidazole rings is 1. The van der Waals surface area contributed by atoms with Crippen LogP contribution < -0.4 is 0 Å². The van der Waals surface area contributed by atoms with Crippen molar-refractivity contribution in [1.29, 1.82) is 5.26 Å². The highest BCUT2D eigenvalue weighted by molar-refractivity contribution is 6.43. The zero-order valence-corrected chi connectivity index (χ0v) is 12.3. The van der Waals surface area contributed by atoms with Gasteiger partial charge in [-0.15, -0.1) is 0 Å². The topological polar surface area (TPSA) is 52.5 Å². The van der Waals surface area contributed by atoms with E-state index in [4.69, 9.17) is 23.2 Å². The second kappa shape index (κ2) is 5.61. The summed E-state index contributed by atoms with van der Waals surface area (Å²) in [6.45, 7) is 0. The molecule has 0 fully saturated rings. The number of halogens is 2. The van der Waals surface area contributed by atoms with E-state index in [1.807, 2.05) is 24.3 Å². The molecule has 5 heteroatoms. The van der Waals surface area contributed by atoms with Crippen LogP contribution in [-0.4, -0.2) is 9.97 Å². The first-order valence-corrected chi connectivity index (χ1v) is 6.95. The van der Waals surface area contributed by atoms with Crippen LogP contribution in [0.4, 0.5) is 0 Å². The number of hydrogen-bond donors (Lipinski definition) is 1. The Morgan fingerprint density at radius 3 is 2.71 bits per heavy atom. The van der Waals surface area contributed by atoms with Gasteiger partial charge in [-0.05, 0) is 29.8 Å². The van der Waals surface area contributed by atoms with Gasteiger partial charge in [-0.25, -0.2) is 4.98 Å². The van der Waals surface area contributed by atoms with Crippen molar-refractivity contribution in [2.75, 3.05) is 0 Å². The first-order chi connectivity index (χ1) is 10.2. The molecule has 0 amide bonds. The van der Waals surface area contributed by atoms with E-state index >= 15 is 0 Å². The van der Waals surface area contributed by atoms with Crippen LogP contribution in [0.2, 0.25) is 10.0 Å². The van der Waals surface area contributed by atoms with Crippen molar-refractivity contribution in [1.82, 2.24) is 9.97 Å². The summed E-state index contributed by atoms with van der Waals surface area (Å²) in [6.07, 6.45) is 1.67. The SMILES string of the molecule is N#C/C(=C\c1cccc(Cl)c1Cl)c1nc2ccccc2[nH]1. The first kappa shape index (κ1) is 13.7. The average Bonchev–Trinajstić information content (AvgIpc) is 2.92. The number of para-hydroxylation sites is 2. The van der Waals surface area contributed by atoms with Crippen LogP contribution in [0.15, 0.2) is 42.5 Å². The fourth-order valence-electron chi connectivity index (χ4n) is 2.02. The summed E-state index contributed by atoms with van der Waals surface area (Å²) in [5.74, 6) is 0.509. The summed E-state index contributed by atoms with van der Waals surface area (Å²) >= 11 is 12.1. The molecular weight excluding hydrogens is 305 g/mol. The van der Waals surface area contributed by atoms with Gasteiger partial charge in [0, 0.05) is 0 Å². The lowest BCUT2D eigenvalue weighted by Crippen LogP contribution is -1.86. The van der Waals surface area contributed by atoms with Gasteiger partial charge in [0.2, 0.25) is 0 Å². The maximum Gasteiger partial charge on any atom is 0.149 e. The maximum absolute atomic E-state index is 9.37. The van der Waals surface area contributed by atoms with Crippen LogP contribution in [0.3, 0.4) is 0 Å². The Balaban J connectivity index is 2.11. The molecule has 0 bridgehead atoms. The second-order valence-corrected chi connectivity index (χ2v) is 5.20. The van der Waals surface area contributed by atoms with Crippen molar-refractivity contribution in [3.63, 3.8) is 0 Å². The Bertz CT molecular complexity index is 855. The van der Waals surface area contributed by atoms with Gasteiger partial charge >= 0.3 is 0 Å². The van der Waals surface area contributed by atoms with Gasteiger partial charge in [0.25, 0.3) is 0 Å². The van der Waals surface area contributed by atoms with E-state index in [9.17, 15) is 5.26 Å². The number of nitriles is 1. The van der Waals surface area contributed by atoms with Gasteiger partial charge in [-0.1, -0.05) is 47.5 Å². The van der Waals surface area contributed by atoms with Crippen molar-refractivity contribution >= 4 is 45.9 Å². The van der Waals surface area contributed by atoms with Crippen LogP contribution in [0.25, 0.3) is 22.7 Å². The predicted octanol–water partition coefficient (Wildman–Crippen LogP) is 4.93. The molecule has 1 N–H and O–H groups in total. The molecule has 3 aromatic rings. The molecule has 0 unspecified atom stereocenters. The highest BCUT2D eigenvalue weighted by atomic mass is 35.5. The van der Waals surface area contributed by atoms with Gasteiger partial charge in [-0.2, -0.15) is 5.26 Å². The summed E-state index contributed by atoms with van der Waals surface area (Å²) in [7, 11) is 0. The average molecular weight is 314 g/mol. The number of benzene rings is 2. The standard InChI is InChI=1S/C16H9Cl2N3/c17-12-5-3-4-10(15(12)18)8-11(9-19)16-20-13-6-1-2-7-14(13)21-16/h1-8H,(H,20,21)/b11-8+. The molecule has 3 rings (SSSR count). The summed E-state index contributed by atoms with van der Waals surface area (Å²) in [6, 6.07) is 15.0. The van der Waals surface area contributed by atoms with Crippen LogP contribution in [-0.2, 0) is 0 Å². The molecule has 0 atom stereocenters. The van der Waals surface area contributed by atoms with Crippen LogP contribution in [0.5, 0.6) is 0 Å². The van der Waals surface area contributed by atoms with E-state index in [-0.39, 0.29) is 0 Å². The third-order valence-corrected chi connectivity index (χ3v) is 3.88. The van der Waals surface area contributed by atoms with Gasteiger partial charge in [0.15, 0.2) is 0 Å². The quantitative estimate of drug-likeness (QED) is 0.682. The van der Waals surface area contributed by atoms with Crippen LogP contribution in [0, 0.1) is 11.3 Å². The largest absolute Gasteiger partial charge is 0.337 e. The molecule has 0 spiro atoms. The van der Waals surface area contributed by atoms with E-state index in [1.54, 1.807) is 24.3 Å². The minimum absolute atomic E-state index is 0.398. The molecule has 2 aromatic carbocycles. The lowest BCUT2D eigenvalue weighted by atomic mass is 10.1. The Labute approximate surface area is 131 Å². The molecule has 1 aromatic heterocycles. The Morgan fingerprint density at radius 2 is 1.95 bits per heavy atom. The highest BCUT2D eigenvalue weighted by Crippen LogP contribution is 2.28. The third kappa shape index (κ3) is 2.64. The monoisotopic (exact) mass is 313 g/mol. The Hall–Kier alpha value is -2.28. The molecule has 21 heavy (non-hydrogen) atoms. The predicted molar refractivity (Wildman–Crippen MR) is 86.0 cm³/mol. The number of H-pyrrole nitrogens is 1. The summed E-state index contributed by atoms with van der Waals surface area (Å²) in [5, 5.41) is 10.2. The van der Waals surface area contributed by atoms with E-state index in [0.29, 0.717) is 27.0 Å². The molecule has 0 saturated heterocycles. The second-order valence-electron chi connectivity index (χ2n) is 4.42. The molecule has 0 aliphatic carbocycles. The molecule has 0 radical (unpaired) electrons. The van der Waals surface area contributed by atoms with Crippen molar-refractivity contribution in [3.05, 3.63) is 63.9 Å². The normalized spacial score (nSPS) is 11.6. The number of nitrogens with zero attached hydrogens (tertiary/aromatic N) is 2.